The smallest absolute Gasteiger partial charge is 0.161 e. The fraction of sp³-hybridized carbons (Fsp3) is 0. The fourth-order valence-electron chi connectivity index (χ4n) is 5.95. The second-order valence-corrected chi connectivity index (χ2v) is 10.9. The van der Waals surface area contributed by atoms with Gasteiger partial charge >= 0.3 is 0 Å². The largest absolute Gasteiger partial charge is 0.454 e. The van der Waals surface area contributed by atoms with Gasteiger partial charge in [-0.05, 0) is 48.5 Å². The molecule has 5 heteroatoms. The van der Waals surface area contributed by atoms with E-state index in [-0.39, 0.29) is 0 Å². The minimum Gasteiger partial charge on any atom is -0.454 e. The molecule has 5 heterocycles. The van der Waals surface area contributed by atoms with Gasteiger partial charge < -0.3 is 8.98 Å². The van der Waals surface area contributed by atoms with E-state index < -0.39 is 0 Å². The summed E-state index contributed by atoms with van der Waals surface area (Å²) in [6.45, 7) is 0. The Morgan fingerprint density at radius 2 is 1.36 bits per heavy atom. The Morgan fingerprint density at radius 1 is 0.615 bits per heavy atom. The van der Waals surface area contributed by atoms with Crippen molar-refractivity contribution in [1.29, 1.82) is 0 Å². The van der Waals surface area contributed by atoms with Crippen LogP contribution < -0.4 is 0 Å². The van der Waals surface area contributed by atoms with E-state index in [1.807, 2.05) is 18.5 Å². The minimum absolute atomic E-state index is 0.786. The summed E-state index contributed by atoms with van der Waals surface area (Å²) in [6, 6.07) is 36.2. The number of rotatable bonds is 2. The predicted molar refractivity (Wildman–Crippen MR) is 162 cm³/mol. The average molecular weight is 518 g/mol. The molecule has 182 valence electrons. The summed E-state index contributed by atoms with van der Waals surface area (Å²) in [7, 11) is 0. The first-order valence-electron chi connectivity index (χ1n) is 12.9. The summed E-state index contributed by atoms with van der Waals surface area (Å²) in [6.07, 6.45) is 3.82. The van der Waals surface area contributed by atoms with E-state index in [1.54, 1.807) is 11.3 Å². The van der Waals surface area contributed by atoms with Gasteiger partial charge in [0, 0.05) is 55.5 Å². The number of nitrogens with zero attached hydrogens (tertiary/aromatic N) is 3. The number of para-hydroxylation sites is 2. The standard InChI is InChI=1S/C34H19N3OS/c1-4-10-27-23(7-1)24-8-2-5-11-28(24)37(27)21-13-14-29-26(18-21)33-34(38-29)22(15-16-35-33)20-17-31-32(36-19-20)25-9-3-6-12-30(25)39-31/h1-19H. The van der Waals surface area contributed by atoms with Gasteiger partial charge in [0.15, 0.2) is 5.58 Å². The quantitative estimate of drug-likeness (QED) is 0.229. The highest BCUT2D eigenvalue weighted by atomic mass is 32.1. The highest BCUT2D eigenvalue weighted by Gasteiger charge is 2.17. The van der Waals surface area contributed by atoms with E-state index in [1.165, 1.54) is 36.6 Å². The molecule has 4 aromatic carbocycles. The van der Waals surface area contributed by atoms with Crippen molar-refractivity contribution in [2.24, 2.45) is 0 Å². The molecule has 0 aliphatic carbocycles. The van der Waals surface area contributed by atoms with Crippen molar-refractivity contribution in [2.75, 3.05) is 0 Å². The van der Waals surface area contributed by atoms with Crippen LogP contribution in [0.3, 0.4) is 0 Å². The molecule has 0 saturated carbocycles. The third-order valence-corrected chi connectivity index (χ3v) is 8.81. The molecule has 9 rings (SSSR count). The van der Waals surface area contributed by atoms with E-state index in [0.717, 1.165) is 44.4 Å². The molecule has 39 heavy (non-hydrogen) atoms. The van der Waals surface area contributed by atoms with Crippen LogP contribution in [0.2, 0.25) is 0 Å². The first kappa shape index (κ1) is 21.0. The molecule has 0 unspecified atom stereocenters. The molecule has 0 atom stereocenters. The molecule has 0 amide bonds. The molecular weight excluding hydrogens is 498 g/mol. The zero-order chi connectivity index (χ0) is 25.5. The molecule has 0 bridgehead atoms. The summed E-state index contributed by atoms with van der Waals surface area (Å²) >= 11 is 1.77. The zero-order valence-corrected chi connectivity index (χ0v) is 21.4. The van der Waals surface area contributed by atoms with E-state index in [2.05, 4.69) is 102 Å². The second kappa shape index (κ2) is 7.76. The lowest BCUT2D eigenvalue weighted by molar-refractivity contribution is 0.669. The number of fused-ring (bicyclic) bond motifs is 9. The van der Waals surface area contributed by atoms with Crippen molar-refractivity contribution in [1.82, 2.24) is 14.5 Å². The summed E-state index contributed by atoms with van der Waals surface area (Å²) in [5, 5.41) is 4.69. The molecule has 0 radical (unpaired) electrons. The third kappa shape index (κ3) is 2.93. The first-order chi connectivity index (χ1) is 19.3. The van der Waals surface area contributed by atoms with Crippen LogP contribution >= 0.6 is 11.3 Å². The Labute approximate surface area is 226 Å². The van der Waals surface area contributed by atoms with Gasteiger partial charge in [0.1, 0.15) is 11.1 Å². The molecule has 0 aliphatic heterocycles. The molecule has 0 fully saturated rings. The number of hydrogen-bond donors (Lipinski definition) is 0. The molecule has 0 N–H and O–H groups in total. The minimum atomic E-state index is 0.786. The highest BCUT2D eigenvalue weighted by Crippen LogP contribution is 2.39. The molecule has 4 nitrogen and oxygen atoms in total. The lowest BCUT2D eigenvalue weighted by Crippen LogP contribution is -1.93. The van der Waals surface area contributed by atoms with Crippen LogP contribution in [0.5, 0.6) is 0 Å². The second-order valence-electron chi connectivity index (χ2n) is 9.86. The van der Waals surface area contributed by atoms with Gasteiger partial charge in [-0.15, -0.1) is 11.3 Å². The number of hydrogen-bond acceptors (Lipinski definition) is 4. The van der Waals surface area contributed by atoms with Crippen molar-refractivity contribution in [2.45, 2.75) is 0 Å². The van der Waals surface area contributed by atoms with Gasteiger partial charge in [-0.1, -0.05) is 54.6 Å². The summed E-state index contributed by atoms with van der Waals surface area (Å²) in [4.78, 5) is 9.64. The predicted octanol–water partition coefficient (Wildman–Crippen LogP) is 9.51. The third-order valence-electron chi connectivity index (χ3n) is 7.70. The topological polar surface area (TPSA) is 43.9 Å². The average Bonchev–Trinajstić information content (AvgIpc) is 3.66. The normalized spacial score (nSPS) is 12.1. The molecule has 0 saturated heterocycles. The van der Waals surface area contributed by atoms with Crippen molar-refractivity contribution in [3.63, 3.8) is 0 Å². The van der Waals surface area contributed by atoms with E-state index in [0.29, 0.717) is 0 Å². The number of thiophene rings is 1. The maximum Gasteiger partial charge on any atom is 0.161 e. The van der Waals surface area contributed by atoms with Gasteiger partial charge in [0.25, 0.3) is 0 Å². The van der Waals surface area contributed by atoms with Gasteiger partial charge in [-0.25, -0.2) is 0 Å². The van der Waals surface area contributed by atoms with Crippen LogP contribution in [0.25, 0.3) is 81.0 Å². The van der Waals surface area contributed by atoms with Crippen molar-refractivity contribution >= 4 is 75.5 Å². The molecule has 9 aromatic rings. The Bertz CT molecular complexity index is 2360. The van der Waals surface area contributed by atoms with Gasteiger partial charge in [0.2, 0.25) is 0 Å². The van der Waals surface area contributed by atoms with Crippen LogP contribution in [0, 0.1) is 0 Å². The summed E-state index contributed by atoms with van der Waals surface area (Å²) in [5.41, 5.74) is 9.00. The zero-order valence-electron chi connectivity index (χ0n) is 20.6. The van der Waals surface area contributed by atoms with E-state index >= 15 is 0 Å². The molecule has 0 aliphatic rings. The van der Waals surface area contributed by atoms with Gasteiger partial charge in [-0.2, -0.15) is 0 Å². The Morgan fingerprint density at radius 3 is 2.18 bits per heavy atom. The van der Waals surface area contributed by atoms with Crippen molar-refractivity contribution < 1.29 is 4.42 Å². The molecule has 5 aromatic heterocycles. The molecule has 0 spiro atoms. The maximum absolute atomic E-state index is 6.46. The van der Waals surface area contributed by atoms with Crippen LogP contribution in [0.4, 0.5) is 0 Å². The van der Waals surface area contributed by atoms with Crippen LogP contribution in [-0.2, 0) is 0 Å². The van der Waals surface area contributed by atoms with Crippen LogP contribution in [0.1, 0.15) is 0 Å². The first-order valence-corrected chi connectivity index (χ1v) is 13.7. The Balaban J connectivity index is 1.27. The molecular formula is C34H19N3OS. The summed E-state index contributed by atoms with van der Waals surface area (Å²) in [5.74, 6) is 0. The Hall–Kier alpha value is -5.00. The lowest BCUT2D eigenvalue weighted by Gasteiger charge is -2.07. The van der Waals surface area contributed by atoms with Crippen molar-refractivity contribution in [3.8, 4) is 16.8 Å². The summed E-state index contributed by atoms with van der Waals surface area (Å²) < 4.78 is 11.2. The number of pyridine rings is 2. The van der Waals surface area contributed by atoms with Crippen molar-refractivity contribution in [3.05, 3.63) is 116 Å². The van der Waals surface area contributed by atoms with Crippen LogP contribution in [-0.4, -0.2) is 14.5 Å². The monoisotopic (exact) mass is 517 g/mol. The van der Waals surface area contributed by atoms with E-state index in [9.17, 15) is 0 Å². The van der Waals surface area contributed by atoms with Gasteiger partial charge in [0.05, 0.1) is 21.3 Å². The fourth-order valence-corrected chi connectivity index (χ4v) is 7.06. The lowest BCUT2D eigenvalue weighted by atomic mass is 10.1. The Kier molecular flexibility index (Phi) is 4.18. The van der Waals surface area contributed by atoms with Gasteiger partial charge in [-0.3, -0.25) is 9.97 Å². The maximum atomic E-state index is 6.46. The number of benzene rings is 4. The number of furan rings is 1. The SMILES string of the molecule is c1ccc2c(c1)sc1cc(-c3ccnc4c3oc3ccc(-n5c6ccccc6c6ccccc65)cc34)cnc12. The van der Waals surface area contributed by atoms with E-state index in [4.69, 9.17) is 14.4 Å². The van der Waals surface area contributed by atoms with Crippen LogP contribution in [0.15, 0.2) is 120 Å². The number of aromatic nitrogens is 3. The highest BCUT2D eigenvalue weighted by molar-refractivity contribution is 7.25.